The number of amides is 1. The molecular weight excluding hydrogens is 381 g/mol. The van der Waals surface area contributed by atoms with Crippen molar-refractivity contribution in [2.45, 2.75) is 11.4 Å². The number of halogens is 1. The van der Waals surface area contributed by atoms with Crippen molar-refractivity contribution in [1.82, 2.24) is 9.55 Å². The first-order valence-corrected chi connectivity index (χ1v) is 10.2. The van der Waals surface area contributed by atoms with E-state index in [0.717, 1.165) is 21.4 Å². The molecule has 136 valence electrons. The number of thiazole rings is 1. The normalized spacial score (nSPS) is 11.0. The lowest BCUT2D eigenvalue weighted by Gasteiger charge is -2.05. The largest absolute Gasteiger partial charge is 0.342 e. The standard InChI is InChI=1S/C20H16FN3OS2/c21-15-7-5-14(6-8-15)11-24-12-18(16-3-1-2-4-17(16)24)27-13-19(25)23-20-22-9-10-26-20/h1-10,12H,11,13H2,(H,22,23,25). The number of nitrogens with one attached hydrogen (secondary N) is 1. The Morgan fingerprint density at radius 2 is 2.00 bits per heavy atom. The van der Waals surface area contributed by atoms with Gasteiger partial charge in [-0.2, -0.15) is 0 Å². The summed E-state index contributed by atoms with van der Waals surface area (Å²) >= 11 is 2.90. The molecule has 27 heavy (non-hydrogen) atoms. The number of hydrogen-bond donors (Lipinski definition) is 1. The molecule has 4 nitrogen and oxygen atoms in total. The van der Waals surface area contributed by atoms with Crippen LogP contribution in [-0.4, -0.2) is 21.2 Å². The number of para-hydroxylation sites is 1. The average Bonchev–Trinajstić information content (AvgIpc) is 3.30. The number of anilines is 1. The second-order valence-electron chi connectivity index (χ2n) is 5.94. The third-order valence-corrected chi connectivity index (χ3v) is 5.79. The zero-order valence-electron chi connectivity index (χ0n) is 14.3. The van der Waals surface area contributed by atoms with Crippen LogP contribution in [-0.2, 0) is 11.3 Å². The number of nitrogens with zero attached hydrogens (tertiary/aromatic N) is 2. The van der Waals surface area contributed by atoms with Crippen molar-refractivity contribution in [3.8, 4) is 0 Å². The van der Waals surface area contributed by atoms with Gasteiger partial charge in [0, 0.05) is 40.1 Å². The first-order chi connectivity index (χ1) is 13.2. The van der Waals surface area contributed by atoms with Gasteiger partial charge in [0.2, 0.25) is 5.91 Å². The van der Waals surface area contributed by atoms with Gasteiger partial charge < -0.3 is 9.88 Å². The molecule has 0 aliphatic rings. The van der Waals surface area contributed by atoms with E-state index in [1.165, 1.54) is 35.2 Å². The van der Waals surface area contributed by atoms with Crippen LogP contribution in [0, 0.1) is 5.82 Å². The number of rotatable bonds is 6. The lowest BCUT2D eigenvalue weighted by Crippen LogP contribution is -2.13. The van der Waals surface area contributed by atoms with E-state index in [4.69, 9.17) is 0 Å². The van der Waals surface area contributed by atoms with E-state index in [1.54, 1.807) is 18.3 Å². The maximum atomic E-state index is 13.1. The van der Waals surface area contributed by atoms with Crippen molar-refractivity contribution >= 4 is 45.0 Å². The van der Waals surface area contributed by atoms with E-state index >= 15 is 0 Å². The van der Waals surface area contributed by atoms with Crippen molar-refractivity contribution in [3.05, 3.63) is 77.7 Å². The minimum absolute atomic E-state index is 0.0784. The minimum Gasteiger partial charge on any atom is -0.342 e. The van der Waals surface area contributed by atoms with E-state index < -0.39 is 0 Å². The maximum Gasteiger partial charge on any atom is 0.236 e. The lowest BCUT2D eigenvalue weighted by molar-refractivity contribution is -0.113. The smallest absolute Gasteiger partial charge is 0.236 e. The number of aromatic nitrogens is 2. The highest BCUT2D eigenvalue weighted by molar-refractivity contribution is 8.00. The molecular formula is C20H16FN3OS2. The van der Waals surface area contributed by atoms with Crippen LogP contribution in [0.4, 0.5) is 9.52 Å². The molecule has 2 aromatic heterocycles. The highest BCUT2D eigenvalue weighted by Crippen LogP contribution is 2.30. The molecule has 1 amide bonds. The van der Waals surface area contributed by atoms with Crippen molar-refractivity contribution in [2.75, 3.05) is 11.1 Å². The van der Waals surface area contributed by atoms with Gasteiger partial charge in [0.1, 0.15) is 5.82 Å². The van der Waals surface area contributed by atoms with E-state index in [0.29, 0.717) is 17.4 Å². The molecule has 2 heterocycles. The quantitative estimate of drug-likeness (QED) is 0.465. The number of thioether (sulfide) groups is 1. The molecule has 0 saturated carbocycles. The van der Waals surface area contributed by atoms with Crippen LogP contribution in [0.1, 0.15) is 5.56 Å². The topological polar surface area (TPSA) is 46.9 Å². The van der Waals surface area contributed by atoms with Crippen LogP contribution >= 0.6 is 23.1 Å². The summed E-state index contributed by atoms with van der Waals surface area (Å²) in [6, 6.07) is 14.6. The highest BCUT2D eigenvalue weighted by Gasteiger charge is 2.12. The summed E-state index contributed by atoms with van der Waals surface area (Å²) in [5, 5.41) is 6.34. The third-order valence-electron chi connectivity index (χ3n) is 4.06. The Morgan fingerprint density at radius 3 is 2.78 bits per heavy atom. The van der Waals surface area contributed by atoms with E-state index in [2.05, 4.69) is 33.2 Å². The van der Waals surface area contributed by atoms with Crippen LogP contribution < -0.4 is 5.32 Å². The van der Waals surface area contributed by atoms with Crippen LogP contribution in [0.3, 0.4) is 0 Å². The lowest BCUT2D eigenvalue weighted by atomic mass is 10.2. The Balaban J connectivity index is 1.52. The second-order valence-corrected chi connectivity index (χ2v) is 7.85. The summed E-state index contributed by atoms with van der Waals surface area (Å²) in [6.07, 6.45) is 3.71. The van der Waals surface area contributed by atoms with Gasteiger partial charge in [0.05, 0.1) is 5.75 Å². The predicted molar refractivity (Wildman–Crippen MR) is 109 cm³/mol. The van der Waals surface area contributed by atoms with E-state index in [1.807, 2.05) is 17.5 Å². The summed E-state index contributed by atoms with van der Waals surface area (Å²) in [7, 11) is 0. The van der Waals surface area contributed by atoms with Crippen molar-refractivity contribution in [2.24, 2.45) is 0 Å². The molecule has 0 fully saturated rings. The summed E-state index contributed by atoms with van der Waals surface area (Å²) in [6.45, 7) is 0.646. The zero-order valence-corrected chi connectivity index (χ0v) is 15.9. The summed E-state index contributed by atoms with van der Waals surface area (Å²) in [4.78, 5) is 17.3. The Morgan fingerprint density at radius 1 is 1.19 bits per heavy atom. The fourth-order valence-electron chi connectivity index (χ4n) is 2.83. The second kappa shape index (κ2) is 7.94. The van der Waals surface area contributed by atoms with Crippen molar-refractivity contribution in [1.29, 1.82) is 0 Å². The summed E-state index contributed by atoms with van der Waals surface area (Å²) in [5.74, 6) is -0.00616. The fourth-order valence-corrected chi connectivity index (χ4v) is 4.26. The number of benzene rings is 2. The molecule has 0 bridgehead atoms. The highest BCUT2D eigenvalue weighted by atomic mass is 32.2. The summed E-state index contributed by atoms with van der Waals surface area (Å²) < 4.78 is 15.3. The van der Waals surface area contributed by atoms with Gasteiger partial charge in [-0.05, 0) is 23.8 Å². The minimum atomic E-state index is -0.237. The zero-order chi connectivity index (χ0) is 18.6. The van der Waals surface area contributed by atoms with Gasteiger partial charge >= 0.3 is 0 Å². The van der Waals surface area contributed by atoms with Crippen LogP contribution in [0.25, 0.3) is 10.9 Å². The molecule has 4 aromatic rings. The molecule has 2 aromatic carbocycles. The first-order valence-electron chi connectivity index (χ1n) is 8.33. The van der Waals surface area contributed by atoms with E-state index in [9.17, 15) is 9.18 Å². The molecule has 0 radical (unpaired) electrons. The number of carbonyl (C=O) groups excluding carboxylic acids is 1. The third kappa shape index (κ3) is 4.20. The molecule has 0 spiro atoms. The fraction of sp³-hybridized carbons (Fsp3) is 0.100. The molecule has 0 unspecified atom stereocenters. The Labute approximate surface area is 164 Å². The van der Waals surface area contributed by atoms with Crippen molar-refractivity contribution < 1.29 is 9.18 Å². The average molecular weight is 398 g/mol. The maximum absolute atomic E-state index is 13.1. The molecule has 0 atom stereocenters. The number of fused-ring (bicyclic) bond motifs is 1. The molecule has 4 rings (SSSR count). The van der Waals surface area contributed by atoms with Gasteiger partial charge in [0.15, 0.2) is 5.13 Å². The predicted octanol–water partition coefficient (Wildman–Crippen LogP) is 5.02. The van der Waals surface area contributed by atoms with Gasteiger partial charge in [-0.15, -0.1) is 23.1 Å². The van der Waals surface area contributed by atoms with Gasteiger partial charge in [-0.1, -0.05) is 30.3 Å². The van der Waals surface area contributed by atoms with Gasteiger partial charge in [0.25, 0.3) is 0 Å². The van der Waals surface area contributed by atoms with Gasteiger partial charge in [-0.25, -0.2) is 9.37 Å². The molecule has 7 heteroatoms. The summed E-state index contributed by atoms with van der Waals surface area (Å²) in [5.41, 5.74) is 2.11. The Bertz CT molecular complexity index is 1060. The molecule has 0 saturated heterocycles. The molecule has 1 N–H and O–H groups in total. The molecule has 0 aliphatic heterocycles. The monoisotopic (exact) mass is 397 g/mol. The van der Waals surface area contributed by atoms with Crippen LogP contribution in [0.15, 0.2) is 71.2 Å². The molecule has 0 aliphatic carbocycles. The Hall–Kier alpha value is -2.64. The number of hydrogen-bond acceptors (Lipinski definition) is 4. The van der Waals surface area contributed by atoms with E-state index in [-0.39, 0.29) is 11.7 Å². The van der Waals surface area contributed by atoms with Crippen LogP contribution in [0.2, 0.25) is 0 Å². The SMILES string of the molecule is O=C(CSc1cn(Cc2ccc(F)cc2)c2ccccc12)Nc1nccs1. The number of carbonyl (C=O) groups is 1. The van der Waals surface area contributed by atoms with Gasteiger partial charge in [-0.3, -0.25) is 4.79 Å². The van der Waals surface area contributed by atoms with Crippen LogP contribution in [0.5, 0.6) is 0 Å². The Kier molecular flexibility index (Phi) is 5.22. The van der Waals surface area contributed by atoms with Crippen molar-refractivity contribution in [3.63, 3.8) is 0 Å². The first kappa shape index (κ1) is 17.8.